The fourth-order valence-corrected chi connectivity index (χ4v) is 3.16. The Balaban J connectivity index is 1.85. The van der Waals surface area contributed by atoms with E-state index in [1.165, 1.54) is 5.56 Å². The number of hydrogen-bond donors (Lipinski definition) is 1. The molecule has 4 nitrogen and oxygen atoms in total. The first kappa shape index (κ1) is 16.9. The summed E-state index contributed by atoms with van der Waals surface area (Å²) in [6, 6.07) is 4.08. The molecule has 1 aliphatic rings. The lowest BCUT2D eigenvalue weighted by molar-refractivity contribution is -0.123. The Bertz CT molecular complexity index is 481. The van der Waals surface area contributed by atoms with E-state index in [0.717, 1.165) is 44.6 Å². The number of nitrogens with zero attached hydrogens (tertiary/aromatic N) is 2. The minimum Gasteiger partial charge on any atom is -0.348 e. The summed E-state index contributed by atoms with van der Waals surface area (Å²) in [4.78, 5) is 19.2. The van der Waals surface area contributed by atoms with Gasteiger partial charge in [0.15, 0.2) is 0 Å². The van der Waals surface area contributed by atoms with Crippen LogP contribution >= 0.6 is 0 Å². The van der Waals surface area contributed by atoms with Crippen molar-refractivity contribution in [1.82, 2.24) is 15.2 Å². The standard InChI is InChI=1S/C18H29N3O/c1-4-16(17-12-14(3)6-9-19-17)20-18(22)13-15-7-10-21(5-2)11-8-15/h6,9,12,15-16H,4-5,7-8,10-11,13H2,1-3H3,(H,20,22)/t16-/m0/s1. The number of carbonyl (C=O) groups excluding carboxylic acids is 1. The second-order valence-electron chi connectivity index (χ2n) is 6.37. The molecule has 1 fully saturated rings. The molecule has 0 aromatic carbocycles. The van der Waals surface area contributed by atoms with Gasteiger partial charge in [-0.3, -0.25) is 9.78 Å². The zero-order chi connectivity index (χ0) is 15.9. The summed E-state index contributed by atoms with van der Waals surface area (Å²) in [5.41, 5.74) is 2.15. The van der Waals surface area contributed by atoms with Crippen molar-refractivity contribution >= 4 is 5.91 Å². The molecule has 22 heavy (non-hydrogen) atoms. The number of pyridine rings is 1. The normalized spacial score (nSPS) is 18.1. The van der Waals surface area contributed by atoms with E-state index in [-0.39, 0.29) is 11.9 Å². The molecule has 2 heterocycles. The highest BCUT2D eigenvalue weighted by Crippen LogP contribution is 2.21. The maximum Gasteiger partial charge on any atom is 0.220 e. The fraction of sp³-hybridized carbons (Fsp3) is 0.667. The zero-order valence-electron chi connectivity index (χ0n) is 14.1. The van der Waals surface area contributed by atoms with Crippen LogP contribution in [-0.2, 0) is 4.79 Å². The summed E-state index contributed by atoms with van der Waals surface area (Å²) in [6.07, 6.45) is 5.62. The number of likely N-dealkylation sites (tertiary alicyclic amines) is 1. The van der Waals surface area contributed by atoms with Gasteiger partial charge in [0, 0.05) is 12.6 Å². The van der Waals surface area contributed by atoms with Crippen LogP contribution in [0.2, 0.25) is 0 Å². The first-order valence-corrected chi connectivity index (χ1v) is 8.56. The molecule has 0 unspecified atom stereocenters. The summed E-state index contributed by atoms with van der Waals surface area (Å²) >= 11 is 0. The largest absolute Gasteiger partial charge is 0.348 e. The molecule has 1 amide bonds. The molecule has 2 rings (SSSR count). The molecule has 0 spiro atoms. The van der Waals surface area contributed by atoms with Gasteiger partial charge in [-0.25, -0.2) is 0 Å². The van der Waals surface area contributed by atoms with Crippen molar-refractivity contribution in [3.63, 3.8) is 0 Å². The minimum absolute atomic E-state index is 0.0307. The first-order chi connectivity index (χ1) is 10.6. The van der Waals surface area contributed by atoms with Crippen molar-refractivity contribution in [2.24, 2.45) is 5.92 Å². The van der Waals surface area contributed by atoms with E-state index in [0.29, 0.717) is 12.3 Å². The fourth-order valence-electron chi connectivity index (χ4n) is 3.16. The van der Waals surface area contributed by atoms with Gasteiger partial charge in [-0.05, 0) is 69.4 Å². The topological polar surface area (TPSA) is 45.2 Å². The Hall–Kier alpha value is -1.42. The van der Waals surface area contributed by atoms with E-state index < -0.39 is 0 Å². The van der Waals surface area contributed by atoms with Gasteiger partial charge in [0.05, 0.1) is 11.7 Å². The lowest BCUT2D eigenvalue weighted by Gasteiger charge is -2.31. The Morgan fingerprint density at radius 2 is 2.14 bits per heavy atom. The summed E-state index contributed by atoms with van der Waals surface area (Å²) in [5.74, 6) is 0.705. The number of nitrogens with one attached hydrogen (secondary N) is 1. The van der Waals surface area contributed by atoms with E-state index in [1.807, 2.05) is 12.3 Å². The lowest BCUT2D eigenvalue weighted by Crippen LogP contribution is -2.36. The second kappa shape index (κ2) is 8.28. The molecule has 0 saturated carbocycles. The molecule has 0 radical (unpaired) electrons. The van der Waals surface area contributed by atoms with Gasteiger partial charge < -0.3 is 10.2 Å². The molecule has 1 aromatic heterocycles. The SMILES string of the molecule is CC[C@H](NC(=O)CC1CCN(CC)CC1)c1cc(C)ccn1. The zero-order valence-corrected chi connectivity index (χ0v) is 14.1. The van der Waals surface area contributed by atoms with Crippen LogP contribution in [0.25, 0.3) is 0 Å². The average Bonchev–Trinajstić information content (AvgIpc) is 2.53. The number of rotatable bonds is 6. The number of carbonyl (C=O) groups is 1. The van der Waals surface area contributed by atoms with Crippen LogP contribution in [0.3, 0.4) is 0 Å². The smallest absolute Gasteiger partial charge is 0.220 e. The molecule has 1 aliphatic heterocycles. The van der Waals surface area contributed by atoms with Crippen molar-refractivity contribution in [2.75, 3.05) is 19.6 Å². The minimum atomic E-state index is 0.0307. The molecule has 1 atom stereocenters. The van der Waals surface area contributed by atoms with Crippen molar-refractivity contribution < 1.29 is 4.79 Å². The van der Waals surface area contributed by atoms with Crippen LogP contribution in [0.5, 0.6) is 0 Å². The molecule has 122 valence electrons. The maximum atomic E-state index is 12.3. The van der Waals surface area contributed by atoms with Crippen LogP contribution < -0.4 is 5.32 Å². The average molecular weight is 303 g/mol. The third kappa shape index (κ3) is 4.80. The summed E-state index contributed by atoms with van der Waals surface area (Å²) in [5, 5.41) is 3.17. The van der Waals surface area contributed by atoms with Crippen molar-refractivity contribution in [1.29, 1.82) is 0 Å². The predicted octanol–water partition coefficient (Wildman–Crippen LogP) is 3.08. The van der Waals surface area contributed by atoms with E-state index in [4.69, 9.17) is 0 Å². The lowest BCUT2D eigenvalue weighted by atomic mass is 9.93. The maximum absolute atomic E-state index is 12.3. The molecule has 0 aliphatic carbocycles. The Morgan fingerprint density at radius 1 is 1.41 bits per heavy atom. The van der Waals surface area contributed by atoms with Gasteiger partial charge in [0.25, 0.3) is 0 Å². The van der Waals surface area contributed by atoms with Gasteiger partial charge >= 0.3 is 0 Å². The number of aromatic nitrogens is 1. The van der Waals surface area contributed by atoms with Crippen LogP contribution in [0.15, 0.2) is 18.3 Å². The predicted molar refractivity (Wildman–Crippen MR) is 89.6 cm³/mol. The number of hydrogen-bond acceptors (Lipinski definition) is 3. The number of amides is 1. The van der Waals surface area contributed by atoms with E-state index in [9.17, 15) is 4.79 Å². The Labute approximate surface area is 134 Å². The summed E-state index contributed by atoms with van der Waals surface area (Å²) < 4.78 is 0. The second-order valence-corrected chi connectivity index (χ2v) is 6.37. The van der Waals surface area contributed by atoms with E-state index in [1.54, 1.807) is 0 Å². The third-order valence-corrected chi connectivity index (χ3v) is 4.67. The highest BCUT2D eigenvalue weighted by Gasteiger charge is 2.22. The van der Waals surface area contributed by atoms with Crippen LogP contribution in [0.1, 0.15) is 56.8 Å². The van der Waals surface area contributed by atoms with Crippen LogP contribution in [-0.4, -0.2) is 35.4 Å². The Kier molecular flexibility index (Phi) is 6.37. The van der Waals surface area contributed by atoms with E-state index >= 15 is 0 Å². The van der Waals surface area contributed by atoms with Crippen molar-refractivity contribution in [3.8, 4) is 0 Å². The summed E-state index contributed by atoms with van der Waals surface area (Å²) in [6.45, 7) is 9.73. The number of aryl methyl sites for hydroxylation is 1. The van der Waals surface area contributed by atoms with Gasteiger partial charge in [-0.1, -0.05) is 13.8 Å². The molecule has 4 heteroatoms. The van der Waals surface area contributed by atoms with Crippen molar-refractivity contribution in [2.45, 2.75) is 52.5 Å². The molecular formula is C18H29N3O. The van der Waals surface area contributed by atoms with Crippen molar-refractivity contribution in [3.05, 3.63) is 29.6 Å². The van der Waals surface area contributed by atoms with E-state index in [2.05, 4.69) is 42.0 Å². The number of piperidine rings is 1. The highest BCUT2D eigenvalue weighted by atomic mass is 16.1. The molecule has 1 saturated heterocycles. The quantitative estimate of drug-likeness (QED) is 0.878. The summed E-state index contributed by atoms with van der Waals surface area (Å²) in [7, 11) is 0. The van der Waals surface area contributed by atoms with Gasteiger partial charge in [0.1, 0.15) is 0 Å². The Morgan fingerprint density at radius 3 is 2.73 bits per heavy atom. The van der Waals surface area contributed by atoms with Gasteiger partial charge in [-0.15, -0.1) is 0 Å². The van der Waals surface area contributed by atoms with Gasteiger partial charge in [-0.2, -0.15) is 0 Å². The molecular weight excluding hydrogens is 274 g/mol. The van der Waals surface area contributed by atoms with Crippen LogP contribution in [0.4, 0.5) is 0 Å². The molecule has 0 bridgehead atoms. The monoisotopic (exact) mass is 303 g/mol. The van der Waals surface area contributed by atoms with Gasteiger partial charge in [0.2, 0.25) is 5.91 Å². The third-order valence-electron chi connectivity index (χ3n) is 4.67. The first-order valence-electron chi connectivity index (χ1n) is 8.56. The van der Waals surface area contributed by atoms with Crippen LogP contribution in [0, 0.1) is 12.8 Å². The molecule has 1 aromatic rings. The highest BCUT2D eigenvalue weighted by molar-refractivity contribution is 5.76. The molecule has 1 N–H and O–H groups in total.